The number of rotatable bonds is 5. The molecule has 3 atom stereocenters. The van der Waals surface area contributed by atoms with E-state index < -0.39 is 9.84 Å². The lowest BCUT2D eigenvalue weighted by Crippen LogP contribution is -2.23. The van der Waals surface area contributed by atoms with Crippen molar-refractivity contribution in [3.63, 3.8) is 0 Å². The lowest BCUT2D eigenvalue weighted by Gasteiger charge is -2.07. The predicted molar refractivity (Wildman–Crippen MR) is 73.7 cm³/mol. The highest BCUT2D eigenvalue weighted by Gasteiger charge is 2.36. The highest BCUT2D eigenvalue weighted by molar-refractivity contribution is 7.91. The summed E-state index contributed by atoms with van der Waals surface area (Å²) in [6.45, 7) is 3.69. The zero-order chi connectivity index (χ0) is 13.5. The van der Waals surface area contributed by atoms with Gasteiger partial charge in [-0.1, -0.05) is 6.92 Å². The van der Waals surface area contributed by atoms with Crippen LogP contribution >= 0.6 is 0 Å². The molecule has 4 nitrogen and oxygen atoms in total. The summed E-state index contributed by atoms with van der Waals surface area (Å²) in [6.07, 6.45) is 2.03. The van der Waals surface area contributed by atoms with E-state index >= 15 is 0 Å². The lowest BCUT2D eigenvalue weighted by atomic mass is 10.1. The fourth-order valence-corrected chi connectivity index (χ4v) is 4.70. The maximum absolute atomic E-state index is 11.3. The fraction of sp³-hybridized carbons (Fsp3) is 0.714. The third-order valence-electron chi connectivity index (χ3n) is 4.22. The highest BCUT2D eigenvalue weighted by Crippen LogP contribution is 2.47. The minimum absolute atomic E-state index is 0.267. The molecule has 1 aromatic heterocycles. The Balaban J connectivity index is 1.44. The van der Waals surface area contributed by atoms with E-state index in [1.54, 1.807) is 0 Å². The number of sulfone groups is 1. The third-order valence-corrected chi connectivity index (χ3v) is 6.05. The molecule has 106 valence electrons. The summed E-state index contributed by atoms with van der Waals surface area (Å²) in [5, 5.41) is 3.31. The molecule has 19 heavy (non-hydrogen) atoms. The van der Waals surface area contributed by atoms with E-state index in [0.717, 1.165) is 30.4 Å². The lowest BCUT2D eigenvalue weighted by molar-refractivity contribution is 0.430. The summed E-state index contributed by atoms with van der Waals surface area (Å²) in [5.41, 5.74) is 0. The summed E-state index contributed by atoms with van der Waals surface area (Å²) in [7, 11) is -2.76. The molecule has 1 N–H and O–H groups in total. The Labute approximate surface area is 114 Å². The first-order valence-electron chi connectivity index (χ1n) is 7.03. The smallest absolute Gasteiger partial charge is 0.150 e. The van der Waals surface area contributed by atoms with E-state index in [4.69, 9.17) is 4.42 Å². The summed E-state index contributed by atoms with van der Waals surface area (Å²) in [5.74, 6) is 4.39. The molecular weight excluding hydrogens is 262 g/mol. The van der Waals surface area contributed by atoms with Crippen molar-refractivity contribution in [2.24, 2.45) is 11.8 Å². The van der Waals surface area contributed by atoms with Gasteiger partial charge in [-0.05, 0) is 43.4 Å². The van der Waals surface area contributed by atoms with Crippen molar-refractivity contribution in [3.05, 3.63) is 23.7 Å². The van der Waals surface area contributed by atoms with Crippen LogP contribution in [0.1, 0.15) is 37.2 Å². The number of hydrogen-bond donors (Lipinski definition) is 1. The van der Waals surface area contributed by atoms with Crippen molar-refractivity contribution in [2.75, 3.05) is 18.1 Å². The molecule has 2 fully saturated rings. The number of nitrogens with one attached hydrogen (secondary N) is 1. The molecule has 1 aliphatic heterocycles. The van der Waals surface area contributed by atoms with Crippen molar-refractivity contribution in [1.82, 2.24) is 5.32 Å². The molecule has 0 bridgehead atoms. The van der Waals surface area contributed by atoms with E-state index in [2.05, 4.69) is 18.3 Å². The second kappa shape index (κ2) is 4.94. The molecule has 1 aromatic rings. The Morgan fingerprint density at radius 1 is 1.42 bits per heavy atom. The van der Waals surface area contributed by atoms with Crippen LogP contribution in [-0.2, 0) is 16.4 Å². The molecule has 2 heterocycles. The largest absolute Gasteiger partial charge is 0.464 e. The maximum Gasteiger partial charge on any atom is 0.150 e. The van der Waals surface area contributed by atoms with Gasteiger partial charge in [-0.15, -0.1) is 0 Å². The van der Waals surface area contributed by atoms with Crippen molar-refractivity contribution < 1.29 is 12.8 Å². The van der Waals surface area contributed by atoms with Crippen LogP contribution in [0.3, 0.4) is 0 Å². The molecule has 0 radical (unpaired) electrons. The van der Waals surface area contributed by atoms with Crippen LogP contribution in [0.25, 0.3) is 0 Å². The predicted octanol–water partition coefficient (Wildman–Crippen LogP) is 1.93. The van der Waals surface area contributed by atoms with Crippen LogP contribution < -0.4 is 5.32 Å². The van der Waals surface area contributed by atoms with Crippen molar-refractivity contribution in [2.45, 2.75) is 32.2 Å². The Kier molecular flexibility index (Phi) is 3.43. The van der Waals surface area contributed by atoms with Crippen LogP contribution in [0, 0.1) is 11.8 Å². The summed E-state index contributed by atoms with van der Waals surface area (Å²) in [6, 6.07) is 4.10. The second-order valence-corrected chi connectivity index (χ2v) is 8.25. The van der Waals surface area contributed by atoms with E-state index in [-0.39, 0.29) is 5.92 Å². The SMILES string of the molecule is CC1CC1c1ccc(CNCC2CCS(=O)(=O)C2)o1. The van der Waals surface area contributed by atoms with Crippen LogP contribution in [0.15, 0.2) is 16.5 Å². The Hall–Kier alpha value is -0.810. The minimum atomic E-state index is -2.76. The topological polar surface area (TPSA) is 59.3 Å². The molecule has 0 spiro atoms. The van der Waals surface area contributed by atoms with Gasteiger partial charge in [0, 0.05) is 5.92 Å². The van der Waals surface area contributed by atoms with Gasteiger partial charge >= 0.3 is 0 Å². The van der Waals surface area contributed by atoms with Crippen molar-refractivity contribution in [3.8, 4) is 0 Å². The Morgan fingerprint density at radius 3 is 2.84 bits per heavy atom. The van der Waals surface area contributed by atoms with Gasteiger partial charge in [0.25, 0.3) is 0 Å². The highest BCUT2D eigenvalue weighted by atomic mass is 32.2. The van der Waals surface area contributed by atoms with E-state index in [1.165, 1.54) is 6.42 Å². The Bertz CT molecular complexity index is 549. The van der Waals surface area contributed by atoms with Crippen LogP contribution in [0.4, 0.5) is 0 Å². The molecule has 2 aliphatic rings. The number of furan rings is 1. The molecule has 5 heteroatoms. The van der Waals surface area contributed by atoms with Crippen molar-refractivity contribution in [1.29, 1.82) is 0 Å². The molecule has 1 aliphatic carbocycles. The minimum Gasteiger partial charge on any atom is -0.464 e. The summed E-state index contributed by atoms with van der Waals surface area (Å²) in [4.78, 5) is 0. The van der Waals surface area contributed by atoms with Gasteiger partial charge in [0.2, 0.25) is 0 Å². The van der Waals surface area contributed by atoms with E-state index in [1.807, 2.05) is 6.07 Å². The standard InChI is InChI=1S/C14H21NO3S/c1-10-6-13(10)14-3-2-12(18-14)8-15-7-11-4-5-19(16,17)9-11/h2-3,10-11,13,15H,4-9H2,1H3. The molecule has 1 saturated carbocycles. The van der Waals surface area contributed by atoms with E-state index in [0.29, 0.717) is 24.0 Å². The van der Waals surface area contributed by atoms with Gasteiger partial charge in [-0.25, -0.2) is 8.42 Å². The van der Waals surface area contributed by atoms with E-state index in [9.17, 15) is 8.42 Å². The van der Waals surface area contributed by atoms with Gasteiger partial charge in [0.15, 0.2) is 9.84 Å². The molecular formula is C14H21NO3S. The van der Waals surface area contributed by atoms with Gasteiger partial charge in [-0.3, -0.25) is 0 Å². The zero-order valence-corrected chi connectivity index (χ0v) is 12.1. The number of hydrogen-bond acceptors (Lipinski definition) is 4. The first-order chi connectivity index (χ1) is 9.03. The summed E-state index contributed by atoms with van der Waals surface area (Å²) >= 11 is 0. The normalized spacial score (nSPS) is 32.6. The first-order valence-corrected chi connectivity index (χ1v) is 8.85. The van der Waals surface area contributed by atoms with Gasteiger partial charge in [-0.2, -0.15) is 0 Å². The van der Waals surface area contributed by atoms with Crippen LogP contribution in [0.5, 0.6) is 0 Å². The third kappa shape index (κ3) is 3.20. The van der Waals surface area contributed by atoms with Gasteiger partial charge < -0.3 is 9.73 Å². The molecule has 3 unspecified atom stereocenters. The Morgan fingerprint density at radius 2 is 2.21 bits per heavy atom. The second-order valence-electron chi connectivity index (χ2n) is 6.02. The van der Waals surface area contributed by atoms with Crippen LogP contribution in [-0.4, -0.2) is 26.5 Å². The fourth-order valence-electron chi connectivity index (χ4n) is 2.84. The van der Waals surface area contributed by atoms with Gasteiger partial charge in [0.05, 0.1) is 18.1 Å². The molecule has 0 amide bonds. The molecule has 1 saturated heterocycles. The molecule has 0 aromatic carbocycles. The molecule has 3 rings (SSSR count). The first kappa shape index (κ1) is 13.2. The van der Waals surface area contributed by atoms with Crippen LogP contribution in [0.2, 0.25) is 0 Å². The van der Waals surface area contributed by atoms with Gasteiger partial charge in [0.1, 0.15) is 11.5 Å². The maximum atomic E-state index is 11.3. The summed E-state index contributed by atoms with van der Waals surface area (Å²) < 4.78 is 28.5. The van der Waals surface area contributed by atoms with Crippen molar-refractivity contribution >= 4 is 9.84 Å². The average molecular weight is 283 g/mol. The zero-order valence-electron chi connectivity index (χ0n) is 11.3. The average Bonchev–Trinajstić information content (AvgIpc) is 2.75. The quantitative estimate of drug-likeness (QED) is 0.897. The monoisotopic (exact) mass is 283 g/mol.